The van der Waals surface area contributed by atoms with E-state index in [0.29, 0.717) is 10.0 Å². The van der Waals surface area contributed by atoms with Gasteiger partial charge in [0.05, 0.1) is 19.6 Å². The topological polar surface area (TPSA) is 94.6 Å². The molecule has 14 heteroatoms. The first-order chi connectivity index (χ1) is 15.2. The molecule has 0 saturated heterocycles. The van der Waals surface area contributed by atoms with Crippen LogP contribution < -0.4 is 4.18 Å². The number of hydrogen-bond donors (Lipinski definition) is 0. The number of rotatable bonds is 6. The van der Waals surface area contributed by atoms with Gasteiger partial charge in [-0.2, -0.15) is 0 Å². The van der Waals surface area contributed by atoms with Crippen LogP contribution in [0.3, 0.4) is 0 Å². The van der Waals surface area contributed by atoms with E-state index in [2.05, 4.69) is 47.8 Å². The van der Waals surface area contributed by atoms with E-state index in [4.69, 9.17) is 27.4 Å². The predicted molar refractivity (Wildman–Crippen MR) is 139 cm³/mol. The Bertz CT molecular complexity index is 1420. The first-order valence-corrected chi connectivity index (χ1v) is 15.7. The third-order valence-corrected chi connectivity index (χ3v) is 12.9. The number of benzene rings is 3. The second-order valence-corrected chi connectivity index (χ2v) is 20.6. The van der Waals surface area contributed by atoms with Crippen LogP contribution in [0, 0.1) is 0 Å². The van der Waals surface area contributed by atoms with Gasteiger partial charge >= 0.3 is 0 Å². The van der Waals surface area contributed by atoms with Gasteiger partial charge < -0.3 is 4.18 Å². The summed E-state index contributed by atoms with van der Waals surface area (Å²) < 4.78 is 69.2. The molecule has 3 aromatic rings. The molecule has 0 aromatic heterocycles. The SMILES string of the molecule is O=S(Oc1ccc(Cl)cc1)c1ccc(S(=O)(=O)c2ccc(Cl)cc2)c(S(=O)(=O)C(Br)(Br)Br)c1. The molecule has 176 valence electrons. The standard InChI is InChI=1S/C19H11Br3Cl2O6S3/c20-19(21,22)33(28,29)18-11-15(31(25)30-14-5-1-12(23)2-6-14)7-10-17(18)32(26,27)16-8-3-13(24)4-9-16/h1-11H. The zero-order chi connectivity index (χ0) is 24.6. The molecule has 33 heavy (non-hydrogen) atoms. The molecule has 0 spiro atoms. The van der Waals surface area contributed by atoms with E-state index in [0.717, 1.165) is 12.1 Å². The summed E-state index contributed by atoms with van der Waals surface area (Å²) in [5.74, 6) is 0.218. The van der Waals surface area contributed by atoms with Crippen molar-refractivity contribution in [2.24, 2.45) is 0 Å². The summed E-state index contributed by atoms with van der Waals surface area (Å²) in [4.78, 5) is -1.36. The molecular weight excluding hydrogens is 731 g/mol. The van der Waals surface area contributed by atoms with Crippen molar-refractivity contribution < 1.29 is 25.2 Å². The minimum Gasteiger partial charge on any atom is -0.397 e. The van der Waals surface area contributed by atoms with Gasteiger partial charge in [-0.1, -0.05) is 23.2 Å². The van der Waals surface area contributed by atoms with Gasteiger partial charge in [-0.25, -0.2) is 21.0 Å². The van der Waals surface area contributed by atoms with Crippen LogP contribution in [0.25, 0.3) is 0 Å². The zero-order valence-corrected chi connectivity index (χ0v) is 24.6. The Morgan fingerprint density at radius 1 is 0.758 bits per heavy atom. The minimum atomic E-state index is -4.40. The third-order valence-electron chi connectivity index (χ3n) is 4.10. The van der Waals surface area contributed by atoms with Crippen molar-refractivity contribution in [3.05, 3.63) is 76.8 Å². The fraction of sp³-hybridized carbons (Fsp3) is 0.0526. The Morgan fingerprint density at radius 2 is 1.27 bits per heavy atom. The van der Waals surface area contributed by atoms with Gasteiger partial charge in [-0.3, -0.25) is 0 Å². The molecule has 0 bridgehead atoms. The second-order valence-electron chi connectivity index (χ2n) is 6.29. The highest BCUT2D eigenvalue weighted by molar-refractivity contribution is 9.42. The van der Waals surface area contributed by atoms with Gasteiger partial charge in [0.15, 0.2) is 0 Å². The summed E-state index contributed by atoms with van der Waals surface area (Å²) in [6.45, 7) is 0. The monoisotopic (exact) mass is 738 g/mol. The van der Waals surface area contributed by atoms with E-state index in [-0.39, 0.29) is 15.5 Å². The quantitative estimate of drug-likeness (QED) is 0.268. The maximum Gasteiger partial charge on any atom is 0.240 e. The van der Waals surface area contributed by atoms with Gasteiger partial charge in [0.2, 0.25) is 32.2 Å². The molecule has 1 unspecified atom stereocenters. The highest BCUT2D eigenvalue weighted by atomic mass is 80.0. The Labute approximate surface area is 228 Å². The minimum absolute atomic E-state index is 0.0738. The zero-order valence-electron chi connectivity index (χ0n) is 15.9. The Kier molecular flexibility index (Phi) is 8.43. The fourth-order valence-electron chi connectivity index (χ4n) is 2.52. The molecular formula is C19H11Br3Cl2O6S3. The normalized spacial score (nSPS) is 13.5. The lowest BCUT2D eigenvalue weighted by Crippen LogP contribution is -2.21. The lowest BCUT2D eigenvalue weighted by Gasteiger charge is -2.18. The van der Waals surface area contributed by atoms with Crippen LogP contribution in [-0.2, 0) is 30.8 Å². The average Bonchev–Trinajstić information content (AvgIpc) is 2.74. The van der Waals surface area contributed by atoms with Crippen LogP contribution in [0.2, 0.25) is 10.0 Å². The van der Waals surface area contributed by atoms with E-state index in [1.54, 1.807) is 0 Å². The van der Waals surface area contributed by atoms with Crippen LogP contribution in [0.1, 0.15) is 0 Å². The molecule has 0 heterocycles. The van der Waals surface area contributed by atoms with E-state index in [1.807, 2.05) is 0 Å². The van der Waals surface area contributed by atoms with E-state index in [9.17, 15) is 21.0 Å². The van der Waals surface area contributed by atoms with Crippen LogP contribution in [0.4, 0.5) is 0 Å². The predicted octanol–water partition coefficient (Wildman–Crippen LogP) is 6.50. The first-order valence-electron chi connectivity index (χ1n) is 8.55. The van der Waals surface area contributed by atoms with Crippen molar-refractivity contribution in [2.45, 2.75) is 21.1 Å². The lowest BCUT2D eigenvalue weighted by atomic mass is 10.3. The van der Waals surface area contributed by atoms with Gasteiger partial charge in [0.1, 0.15) is 5.75 Å². The molecule has 0 fully saturated rings. The third kappa shape index (κ3) is 6.03. The Hall–Kier alpha value is -0.470. The maximum atomic E-state index is 13.3. The molecule has 0 aliphatic heterocycles. The molecule has 0 amide bonds. The van der Waals surface area contributed by atoms with Crippen LogP contribution in [0.15, 0.2) is 86.3 Å². The molecule has 1 atom stereocenters. The number of sulfone groups is 2. The van der Waals surface area contributed by atoms with Crippen molar-refractivity contribution >= 4 is 102 Å². The van der Waals surface area contributed by atoms with E-state index in [1.165, 1.54) is 54.6 Å². The van der Waals surface area contributed by atoms with Crippen molar-refractivity contribution in [1.29, 1.82) is 0 Å². The molecule has 0 N–H and O–H groups in total. The molecule has 0 saturated carbocycles. The highest BCUT2D eigenvalue weighted by Crippen LogP contribution is 2.45. The summed E-state index contributed by atoms with van der Waals surface area (Å²) in [6.07, 6.45) is 0. The molecule has 3 aromatic carbocycles. The molecule has 3 rings (SSSR count). The molecule has 0 aliphatic rings. The van der Waals surface area contributed by atoms with Crippen molar-refractivity contribution in [2.75, 3.05) is 0 Å². The van der Waals surface area contributed by atoms with Gasteiger partial charge in [-0.05, 0) is 115 Å². The Balaban J connectivity index is 2.16. The van der Waals surface area contributed by atoms with Gasteiger partial charge in [0, 0.05) is 10.0 Å². The fourth-order valence-corrected chi connectivity index (χ4v) is 8.03. The first kappa shape index (κ1) is 27.1. The lowest BCUT2D eigenvalue weighted by molar-refractivity contribution is 0.561. The van der Waals surface area contributed by atoms with E-state index < -0.39 is 42.0 Å². The summed E-state index contributed by atoms with van der Waals surface area (Å²) in [7, 11) is -8.69. The highest BCUT2D eigenvalue weighted by Gasteiger charge is 2.41. The summed E-state index contributed by atoms with van der Waals surface area (Å²) in [5, 5.41) is 0.758. The second kappa shape index (κ2) is 10.3. The van der Waals surface area contributed by atoms with Crippen molar-refractivity contribution in [1.82, 2.24) is 0 Å². The van der Waals surface area contributed by atoms with Crippen molar-refractivity contribution in [3.8, 4) is 5.75 Å². The van der Waals surface area contributed by atoms with Crippen LogP contribution >= 0.6 is 71.0 Å². The van der Waals surface area contributed by atoms with E-state index >= 15 is 0 Å². The molecule has 0 radical (unpaired) electrons. The maximum absolute atomic E-state index is 13.3. The van der Waals surface area contributed by atoms with Gasteiger partial charge in [0.25, 0.3) is 0 Å². The summed E-state index contributed by atoms with van der Waals surface area (Å²) in [5.41, 5.74) is 0. The number of alkyl halides is 3. The van der Waals surface area contributed by atoms with Gasteiger partial charge in [-0.15, -0.1) is 0 Å². The smallest absolute Gasteiger partial charge is 0.240 e. The number of halogens is 5. The van der Waals surface area contributed by atoms with Crippen LogP contribution in [-0.4, -0.2) is 22.5 Å². The van der Waals surface area contributed by atoms with Crippen molar-refractivity contribution in [3.63, 3.8) is 0 Å². The summed E-state index contributed by atoms with van der Waals surface area (Å²) >= 11 is 18.3. The average molecular weight is 742 g/mol. The Morgan fingerprint density at radius 3 is 1.79 bits per heavy atom. The summed E-state index contributed by atoms with van der Waals surface area (Å²) in [6, 6.07) is 14.5. The largest absolute Gasteiger partial charge is 0.397 e. The van der Waals surface area contributed by atoms with Crippen LogP contribution in [0.5, 0.6) is 5.75 Å². The molecule has 0 aliphatic carbocycles. The molecule has 6 nitrogen and oxygen atoms in total. The number of hydrogen-bond acceptors (Lipinski definition) is 6.